The molecule has 0 radical (unpaired) electrons. The van der Waals surface area contributed by atoms with Gasteiger partial charge < -0.3 is 10.2 Å². The highest BCUT2D eigenvalue weighted by Gasteiger charge is 2.32. The van der Waals surface area contributed by atoms with Gasteiger partial charge in [-0.1, -0.05) is 66.2 Å². The Kier molecular flexibility index (Phi) is 10.1. The normalized spacial score (nSPS) is 15.2. The van der Waals surface area contributed by atoms with E-state index in [2.05, 4.69) is 5.32 Å². The molecule has 1 aliphatic carbocycles. The van der Waals surface area contributed by atoms with Gasteiger partial charge in [-0.05, 0) is 56.5 Å². The Morgan fingerprint density at radius 3 is 2.22 bits per heavy atom. The minimum absolute atomic E-state index is 0.0479. The monoisotopic (exact) mass is 587 g/mol. The van der Waals surface area contributed by atoms with Crippen molar-refractivity contribution in [3.05, 3.63) is 62.6 Å². The number of halogens is 3. The molecule has 1 saturated carbocycles. The lowest BCUT2D eigenvalue weighted by molar-refractivity contribution is -0.139. The largest absolute Gasteiger partial charge is 0.352 e. The summed E-state index contributed by atoms with van der Waals surface area (Å²) in [7, 11) is -3.86. The molecule has 1 unspecified atom stereocenters. The Bertz CT molecular complexity index is 1230. The molecule has 1 atom stereocenters. The highest BCUT2D eigenvalue weighted by atomic mass is 35.5. The highest BCUT2D eigenvalue weighted by molar-refractivity contribution is 7.92. The van der Waals surface area contributed by atoms with Crippen molar-refractivity contribution in [2.75, 3.05) is 17.1 Å². The number of aryl methyl sites for hydroxylation is 1. The number of amides is 2. The van der Waals surface area contributed by atoms with Crippen molar-refractivity contribution in [3.63, 3.8) is 0 Å². The first-order valence-electron chi connectivity index (χ1n) is 12.1. The van der Waals surface area contributed by atoms with E-state index in [-0.39, 0.29) is 24.2 Å². The van der Waals surface area contributed by atoms with Crippen LogP contribution in [0, 0.1) is 6.92 Å². The fraction of sp³-hybridized carbons (Fsp3) is 0.462. The van der Waals surface area contributed by atoms with Crippen molar-refractivity contribution in [2.24, 2.45) is 0 Å². The van der Waals surface area contributed by atoms with E-state index >= 15 is 0 Å². The molecule has 1 aliphatic rings. The van der Waals surface area contributed by atoms with Crippen LogP contribution in [0.3, 0.4) is 0 Å². The van der Waals surface area contributed by atoms with E-state index in [1.165, 1.54) is 11.0 Å². The molecule has 2 aromatic rings. The van der Waals surface area contributed by atoms with Crippen molar-refractivity contribution in [2.45, 2.75) is 64.6 Å². The first-order chi connectivity index (χ1) is 17.4. The molecule has 0 heterocycles. The number of benzene rings is 2. The molecule has 202 valence electrons. The van der Waals surface area contributed by atoms with Gasteiger partial charge in [0.15, 0.2) is 0 Å². The first kappa shape index (κ1) is 29.6. The molecule has 0 spiro atoms. The second kappa shape index (κ2) is 12.7. The number of anilines is 1. The third kappa shape index (κ3) is 7.76. The minimum Gasteiger partial charge on any atom is -0.352 e. The van der Waals surface area contributed by atoms with E-state index < -0.39 is 28.5 Å². The molecule has 0 aromatic heterocycles. The molecule has 0 bridgehead atoms. The summed E-state index contributed by atoms with van der Waals surface area (Å²) >= 11 is 19.0. The van der Waals surface area contributed by atoms with Gasteiger partial charge in [0.05, 0.1) is 11.9 Å². The third-order valence-corrected chi connectivity index (χ3v) is 8.89. The molecule has 1 N–H and O–H groups in total. The number of nitrogens with zero attached hydrogens (tertiary/aromatic N) is 2. The summed E-state index contributed by atoms with van der Waals surface area (Å²) in [5, 5.41) is 4.11. The van der Waals surface area contributed by atoms with Gasteiger partial charge in [-0.2, -0.15) is 0 Å². The molecule has 37 heavy (non-hydrogen) atoms. The number of carbonyl (C=O) groups excluding carboxylic acids is 2. The van der Waals surface area contributed by atoms with Gasteiger partial charge in [0.1, 0.15) is 12.6 Å². The van der Waals surface area contributed by atoms with Crippen molar-refractivity contribution >= 4 is 62.3 Å². The number of carbonyl (C=O) groups is 2. The van der Waals surface area contributed by atoms with Crippen molar-refractivity contribution in [1.29, 1.82) is 0 Å². The summed E-state index contributed by atoms with van der Waals surface area (Å²) in [6.07, 6.45) is 6.02. The lowest BCUT2D eigenvalue weighted by atomic mass is 9.95. The molecule has 2 aromatic carbocycles. The van der Waals surface area contributed by atoms with Crippen LogP contribution in [0.1, 0.15) is 50.2 Å². The molecule has 2 amide bonds. The van der Waals surface area contributed by atoms with Gasteiger partial charge >= 0.3 is 0 Å². The summed E-state index contributed by atoms with van der Waals surface area (Å²) in [6, 6.07) is 8.90. The Balaban J connectivity index is 1.93. The van der Waals surface area contributed by atoms with Gasteiger partial charge in [0.2, 0.25) is 21.8 Å². The van der Waals surface area contributed by atoms with Crippen LogP contribution in [0.15, 0.2) is 36.4 Å². The van der Waals surface area contributed by atoms with E-state index in [0.717, 1.165) is 48.2 Å². The Hall–Kier alpha value is -2.00. The van der Waals surface area contributed by atoms with E-state index in [1.807, 2.05) is 0 Å². The van der Waals surface area contributed by atoms with Gasteiger partial charge in [0, 0.05) is 33.2 Å². The Labute approximate surface area is 234 Å². The number of rotatable bonds is 9. The van der Waals surface area contributed by atoms with E-state index in [1.54, 1.807) is 44.2 Å². The van der Waals surface area contributed by atoms with Crippen LogP contribution in [0.25, 0.3) is 0 Å². The first-order valence-corrected chi connectivity index (χ1v) is 15.1. The number of nitrogens with one attached hydrogen (secondary N) is 1. The lowest BCUT2D eigenvalue weighted by Gasteiger charge is -2.33. The average molecular weight is 589 g/mol. The predicted octanol–water partition coefficient (Wildman–Crippen LogP) is 5.59. The van der Waals surface area contributed by atoms with Gasteiger partial charge in [-0.15, -0.1) is 0 Å². The Morgan fingerprint density at radius 1 is 1.03 bits per heavy atom. The summed E-state index contributed by atoms with van der Waals surface area (Å²) < 4.78 is 26.4. The second-order valence-corrected chi connectivity index (χ2v) is 12.6. The van der Waals surface area contributed by atoms with Crippen molar-refractivity contribution in [1.82, 2.24) is 10.2 Å². The summed E-state index contributed by atoms with van der Waals surface area (Å²) in [6.45, 7) is 2.82. The van der Waals surface area contributed by atoms with Gasteiger partial charge in [-0.25, -0.2) is 8.42 Å². The maximum atomic E-state index is 13.7. The molecule has 0 aliphatic heterocycles. The highest BCUT2D eigenvalue weighted by Crippen LogP contribution is 2.28. The van der Waals surface area contributed by atoms with Crippen LogP contribution in [0.4, 0.5) is 5.69 Å². The fourth-order valence-corrected chi connectivity index (χ4v) is 5.89. The van der Waals surface area contributed by atoms with Crippen LogP contribution in [0.2, 0.25) is 15.1 Å². The summed E-state index contributed by atoms with van der Waals surface area (Å²) in [5.41, 5.74) is 1.50. The van der Waals surface area contributed by atoms with Crippen LogP contribution < -0.4 is 9.62 Å². The maximum absolute atomic E-state index is 13.7. The zero-order valence-electron chi connectivity index (χ0n) is 21.1. The molecule has 1 fully saturated rings. The van der Waals surface area contributed by atoms with Gasteiger partial charge in [-0.3, -0.25) is 13.9 Å². The lowest BCUT2D eigenvalue weighted by Crippen LogP contribution is -2.53. The molecular formula is C26H32Cl3N3O4S. The molecule has 11 heteroatoms. The quantitative estimate of drug-likeness (QED) is 0.414. The van der Waals surface area contributed by atoms with Crippen LogP contribution in [-0.4, -0.2) is 50.0 Å². The standard InChI is InChI=1S/C26H32Cl3N3O4S/c1-17-12-13-20(14-24(17)29)32(37(3,35)36)16-25(33)31(15-21-22(27)10-7-11-23(21)28)18(2)26(34)30-19-8-5-4-6-9-19/h7,10-14,18-19H,4-6,8-9,15-16H2,1-3H3,(H,30,34). The fourth-order valence-electron chi connectivity index (χ4n) is 4.36. The summed E-state index contributed by atoms with van der Waals surface area (Å²) in [4.78, 5) is 28.3. The molecular weight excluding hydrogens is 557 g/mol. The SMILES string of the molecule is Cc1ccc(N(CC(=O)N(Cc2c(Cl)cccc2Cl)C(C)C(=O)NC2CCCCC2)S(C)(=O)=O)cc1Cl. The topological polar surface area (TPSA) is 86.8 Å². The third-order valence-electron chi connectivity index (χ3n) is 6.63. The number of sulfonamides is 1. The van der Waals surface area contributed by atoms with Gasteiger partial charge in [0.25, 0.3) is 0 Å². The van der Waals surface area contributed by atoms with Crippen molar-refractivity contribution < 1.29 is 18.0 Å². The van der Waals surface area contributed by atoms with Crippen LogP contribution >= 0.6 is 34.8 Å². The van der Waals surface area contributed by atoms with E-state index in [4.69, 9.17) is 34.8 Å². The van der Waals surface area contributed by atoms with Crippen LogP contribution in [-0.2, 0) is 26.2 Å². The average Bonchev–Trinajstić information content (AvgIpc) is 2.83. The summed E-state index contributed by atoms with van der Waals surface area (Å²) in [5.74, 6) is -0.892. The van der Waals surface area contributed by atoms with Crippen LogP contribution in [0.5, 0.6) is 0 Å². The van der Waals surface area contributed by atoms with E-state index in [9.17, 15) is 18.0 Å². The molecule has 3 rings (SSSR count). The molecule has 7 nitrogen and oxygen atoms in total. The smallest absolute Gasteiger partial charge is 0.244 e. The Morgan fingerprint density at radius 2 is 1.65 bits per heavy atom. The van der Waals surface area contributed by atoms with E-state index in [0.29, 0.717) is 20.6 Å². The van der Waals surface area contributed by atoms with Crippen molar-refractivity contribution in [3.8, 4) is 0 Å². The number of hydrogen-bond acceptors (Lipinski definition) is 4. The molecule has 0 saturated heterocycles. The number of hydrogen-bond donors (Lipinski definition) is 1. The minimum atomic E-state index is -3.86. The zero-order chi connectivity index (χ0) is 27.3. The predicted molar refractivity (Wildman–Crippen MR) is 150 cm³/mol. The second-order valence-electron chi connectivity index (χ2n) is 9.44. The zero-order valence-corrected chi connectivity index (χ0v) is 24.2. The maximum Gasteiger partial charge on any atom is 0.244 e.